The lowest BCUT2D eigenvalue weighted by Gasteiger charge is -2.26. The molecule has 0 bridgehead atoms. The van der Waals surface area contributed by atoms with E-state index in [4.69, 9.17) is 9.47 Å². The van der Waals surface area contributed by atoms with Crippen molar-refractivity contribution in [1.82, 2.24) is 10.6 Å². The van der Waals surface area contributed by atoms with E-state index < -0.39 is 0 Å². The van der Waals surface area contributed by atoms with E-state index in [9.17, 15) is 0 Å². The number of hydrogen-bond acceptors (Lipinski definition) is 3. The summed E-state index contributed by atoms with van der Waals surface area (Å²) in [6.45, 7) is 4.50. The molecule has 2 N–H and O–H groups in total. The Morgan fingerprint density at radius 2 is 2.07 bits per heavy atom. The van der Waals surface area contributed by atoms with Crippen molar-refractivity contribution in [3.63, 3.8) is 0 Å². The minimum Gasteiger partial charge on any atom is -0.496 e. The highest BCUT2D eigenvalue weighted by Gasteiger charge is 2.21. The first-order chi connectivity index (χ1) is 13.2. The average Bonchev–Trinajstić information content (AvgIpc) is 2.70. The smallest absolute Gasteiger partial charge is 0.191 e. The van der Waals surface area contributed by atoms with Crippen LogP contribution in [0.5, 0.6) is 11.5 Å². The number of rotatable bonds is 6. The number of fused-ring (bicyclic) bond motifs is 1. The van der Waals surface area contributed by atoms with Crippen LogP contribution in [0.4, 0.5) is 0 Å². The van der Waals surface area contributed by atoms with Crippen molar-refractivity contribution >= 4 is 5.96 Å². The maximum absolute atomic E-state index is 5.75. The highest BCUT2D eigenvalue weighted by Crippen LogP contribution is 2.32. The number of para-hydroxylation sites is 1. The highest BCUT2D eigenvalue weighted by molar-refractivity contribution is 5.79. The van der Waals surface area contributed by atoms with E-state index in [1.807, 2.05) is 18.2 Å². The second kappa shape index (κ2) is 9.31. The summed E-state index contributed by atoms with van der Waals surface area (Å²) < 4.78 is 11.2. The van der Waals surface area contributed by atoms with Gasteiger partial charge in [-0.2, -0.15) is 0 Å². The molecule has 2 aromatic rings. The third kappa shape index (κ3) is 4.94. The molecular weight excluding hydrogens is 338 g/mol. The standard InChI is InChI=1S/C22H29N3O2/c1-16-8-9-20(26-3)17(14-16)10-12-24-22(23-2)25-15-18-11-13-27-21-7-5-4-6-19(18)21/h4-9,14,18H,10-13,15H2,1-3H3,(H2,23,24,25). The Balaban J connectivity index is 1.52. The van der Waals surface area contributed by atoms with Gasteiger partial charge in [0.05, 0.1) is 13.7 Å². The van der Waals surface area contributed by atoms with Crippen LogP contribution in [-0.4, -0.2) is 39.8 Å². The van der Waals surface area contributed by atoms with Gasteiger partial charge in [-0.1, -0.05) is 35.9 Å². The Morgan fingerprint density at radius 3 is 2.89 bits per heavy atom. The van der Waals surface area contributed by atoms with E-state index in [2.05, 4.69) is 46.8 Å². The predicted molar refractivity (Wildman–Crippen MR) is 110 cm³/mol. The SMILES string of the molecule is CN=C(NCCc1cc(C)ccc1OC)NCC1CCOc2ccccc21. The predicted octanol–water partition coefficient (Wildman–Crippen LogP) is 3.28. The van der Waals surface area contributed by atoms with Crippen LogP contribution in [0.1, 0.15) is 29.0 Å². The molecule has 3 rings (SSSR count). The Hall–Kier alpha value is -2.69. The van der Waals surface area contributed by atoms with Gasteiger partial charge in [0.1, 0.15) is 11.5 Å². The normalized spacial score (nSPS) is 16.3. The Kier molecular flexibility index (Phi) is 6.58. The fourth-order valence-electron chi connectivity index (χ4n) is 3.49. The maximum atomic E-state index is 5.75. The number of benzene rings is 2. The number of hydrogen-bond donors (Lipinski definition) is 2. The van der Waals surface area contributed by atoms with Crippen molar-refractivity contribution in [2.45, 2.75) is 25.7 Å². The van der Waals surface area contributed by atoms with Crippen LogP contribution in [0.3, 0.4) is 0 Å². The van der Waals surface area contributed by atoms with Crippen molar-refractivity contribution in [3.8, 4) is 11.5 Å². The van der Waals surface area contributed by atoms with E-state index in [0.717, 1.165) is 50.0 Å². The van der Waals surface area contributed by atoms with Crippen molar-refractivity contribution in [3.05, 3.63) is 59.2 Å². The summed E-state index contributed by atoms with van der Waals surface area (Å²) >= 11 is 0. The molecular formula is C22H29N3O2. The molecule has 0 amide bonds. The minimum absolute atomic E-state index is 0.436. The monoisotopic (exact) mass is 367 g/mol. The third-order valence-electron chi connectivity index (χ3n) is 4.94. The topological polar surface area (TPSA) is 54.9 Å². The van der Waals surface area contributed by atoms with Gasteiger partial charge in [-0.05, 0) is 43.0 Å². The fourth-order valence-corrected chi connectivity index (χ4v) is 3.49. The molecule has 0 saturated carbocycles. The van der Waals surface area contributed by atoms with Gasteiger partial charge in [0, 0.05) is 26.1 Å². The van der Waals surface area contributed by atoms with E-state index in [-0.39, 0.29) is 0 Å². The number of ether oxygens (including phenoxy) is 2. The van der Waals surface area contributed by atoms with E-state index in [0.29, 0.717) is 5.92 Å². The summed E-state index contributed by atoms with van der Waals surface area (Å²) in [6.07, 6.45) is 1.90. The summed E-state index contributed by atoms with van der Waals surface area (Å²) in [6, 6.07) is 14.6. The van der Waals surface area contributed by atoms with Crippen LogP contribution in [0, 0.1) is 6.92 Å². The van der Waals surface area contributed by atoms with Crippen molar-refractivity contribution < 1.29 is 9.47 Å². The maximum Gasteiger partial charge on any atom is 0.191 e. The second-order valence-corrected chi connectivity index (χ2v) is 6.82. The van der Waals surface area contributed by atoms with Gasteiger partial charge in [0.2, 0.25) is 0 Å². The Morgan fingerprint density at radius 1 is 1.22 bits per heavy atom. The second-order valence-electron chi connectivity index (χ2n) is 6.82. The number of nitrogens with one attached hydrogen (secondary N) is 2. The number of aliphatic imine (C=N–C) groups is 1. The van der Waals surface area contributed by atoms with E-state index in [1.165, 1.54) is 16.7 Å². The zero-order valence-corrected chi connectivity index (χ0v) is 16.4. The summed E-state index contributed by atoms with van der Waals surface area (Å²) in [4.78, 5) is 4.35. The van der Waals surface area contributed by atoms with E-state index in [1.54, 1.807) is 14.2 Å². The van der Waals surface area contributed by atoms with Gasteiger partial charge in [0.25, 0.3) is 0 Å². The van der Waals surface area contributed by atoms with Gasteiger partial charge in [-0.3, -0.25) is 4.99 Å². The van der Waals surface area contributed by atoms with Gasteiger partial charge >= 0.3 is 0 Å². The molecule has 0 aromatic heterocycles. The molecule has 27 heavy (non-hydrogen) atoms. The van der Waals surface area contributed by atoms with Crippen LogP contribution >= 0.6 is 0 Å². The fraction of sp³-hybridized carbons (Fsp3) is 0.409. The number of nitrogens with zero attached hydrogens (tertiary/aromatic N) is 1. The van der Waals surface area contributed by atoms with Crippen LogP contribution in [0.2, 0.25) is 0 Å². The molecule has 1 heterocycles. The van der Waals surface area contributed by atoms with Crippen LogP contribution in [0.15, 0.2) is 47.5 Å². The molecule has 1 aliphatic heterocycles. The third-order valence-corrected chi connectivity index (χ3v) is 4.94. The molecule has 144 valence electrons. The van der Waals surface area contributed by atoms with Crippen molar-refractivity contribution in [2.75, 3.05) is 33.9 Å². The molecule has 0 aliphatic carbocycles. The molecule has 5 nitrogen and oxygen atoms in total. The Bertz CT molecular complexity index is 789. The van der Waals surface area contributed by atoms with Crippen LogP contribution in [-0.2, 0) is 6.42 Å². The molecule has 0 fully saturated rings. The van der Waals surface area contributed by atoms with Crippen molar-refractivity contribution in [1.29, 1.82) is 0 Å². The zero-order chi connectivity index (χ0) is 19.1. The molecule has 1 atom stereocenters. The number of aryl methyl sites for hydroxylation is 1. The quantitative estimate of drug-likeness (QED) is 0.608. The summed E-state index contributed by atoms with van der Waals surface area (Å²) in [7, 11) is 3.52. The lowest BCUT2D eigenvalue weighted by Crippen LogP contribution is -2.40. The molecule has 0 saturated heterocycles. The average molecular weight is 367 g/mol. The number of guanidine groups is 1. The Labute approximate surface area is 161 Å². The summed E-state index contributed by atoms with van der Waals surface area (Å²) in [5.74, 6) is 3.20. The molecule has 1 aliphatic rings. The van der Waals surface area contributed by atoms with Crippen molar-refractivity contribution in [2.24, 2.45) is 4.99 Å². The highest BCUT2D eigenvalue weighted by atomic mass is 16.5. The molecule has 0 radical (unpaired) electrons. The molecule has 5 heteroatoms. The zero-order valence-electron chi connectivity index (χ0n) is 16.4. The van der Waals surface area contributed by atoms with Gasteiger partial charge in [-0.25, -0.2) is 0 Å². The molecule has 2 aromatic carbocycles. The first-order valence-electron chi connectivity index (χ1n) is 9.51. The molecule has 1 unspecified atom stereocenters. The molecule has 0 spiro atoms. The van der Waals surface area contributed by atoms with Gasteiger partial charge < -0.3 is 20.1 Å². The largest absolute Gasteiger partial charge is 0.496 e. The number of methoxy groups -OCH3 is 1. The lowest BCUT2D eigenvalue weighted by atomic mass is 9.93. The van der Waals surface area contributed by atoms with Gasteiger partial charge in [0.15, 0.2) is 5.96 Å². The lowest BCUT2D eigenvalue weighted by molar-refractivity contribution is 0.267. The van der Waals surface area contributed by atoms with Crippen LogP contribution in [0.25, 0.3) is 0 Å². The minimum atomic E-state index is 0.436. The summed E-state index contributed by atoms with van der Waals surface area (Å²) in [5, 5.41) is 6.86. The van der Waals surface area contributed by atoms with Crippen LogP contribution < -0.4 is 20.1 Å². The van der Waals surface area contributed by atoms with E-state index >= 15 is 0 Å². The first kappa shape index (κ1) is 19.1. The summed E-state index contributed by atoms with van der Waals surface area (Å²) in [5.41, 5.74) is 3.72. The van der Waals surface area contributed by atoms with Gasteiger partial charge in [-0.15, -0.1) is 0 Å². The first-order valence-corrected chi connectivity index (χ1v) is 9.51.